The lowest BCUT2D eigenvalue weighted by Crippen LogP contribution is -2.34. The van der Waals surface area contributed by atoms with Crippen molar-refractivity contribution in [2.75, 3.05) is 26.2 Å². The Morgan fingerprint density at radius 1 is 1.56 bits per heavy atom. The Kier molecular flexibility index (Phi) is 4.27. The molecule has 0 bridgehead atoms. The summed E-state index contributed by atoms with van der Waals surface area (Å²) < 4.78 is 0. The average molecular weight is 221 g/mol. The molecule has 1 unspecified atom stereocenters. The summed E-state index contributed by atoms with van der Waals surface area (Å²) in [5, 5.41) is 12.1. The van der Waals surface area contributed by atoms with Gasteiger partial charge in [-0.1, -0.05) is 6.07 Å². The lowest BCUT2D eigenvalue weighted by molar-refractivity contribution is 0.278. The zero-order chi connectivity index (χ0) is 11.2. The van der Waals surface area contributed by atoms with E-state index in [1.165, 1.54) is 12.0 Å². The van der Waals surface area contributed by atoms with Gasteiger partial charge < -0.3 is 10.4 Å². The molecule has 1 atom stereocenters. The summed E-state index contributed by atoms with van der Waals surface area (Å²) in [5.41, 5.74) is 1.27. The molecule has 1 aromatic rings. The Morgan fingerprint density at radius 3 is 3.25 bits per heavy atom. The smallest absolute Gasteiger partial charge is 0.0556 e. The van der Waals surface area contributed by atoms with Gasteiger partial charge in [-0.05, 0) is 18.1 Å². The van der Waals surface area contributed by atoms with Crippen LogP contribution in [0, 0.1) is 0 Å². The Bertz CT molecular complexity index is 304. The number of hydrogen-bond acceptors (Lipinski definition) is 4. The first-order valence-electron chi connectivity index (χ1n) is 5.84. The zero-order valence-corrected chi connectivity index (χ0v) is 9.47. The van der Waals surface area contributed by atoms with Gasteiger partial charge in [-0.25, -0.2) is 0 Å². The molecule has 4 heteroatoms. The van der Waals surface area contributed by atoms with Crippen LogP contribution in [-0.2, 0) is 6.54 Å². The van der Waals surface area contributed by atoms with Crippen LogP contribution < -0.4 is 5.32 Å². The predicted octanol–water partition coefficient (Wildman–Crippen LogP) is 0.238. The minimum Gasteiger partial charge on any atom is -0.395 e. The summed E-state index contributed by atoms with van der Waals surface area (Å²) in [6.45, 7) is 4.09. The van der Waals surface area contributed by atoms with Crippen LogP contribution in [0.15, 0.2) is 24.5 Å². The Balaban J connectivity index is 1.76. The Hall–Kier alpha value is -0.970. The molecule has 0 aliphatic carbocycles. The monoisotopic (exact) mass is 221 g/mol. The molecule has 0 spiro atoms. The third-order valence-corrected chi connectivity index (χ3v) is 2.95. The second-order valence-corrected chi connectivity index (χ2v) is 4.26. The van der Waals surface area contributed by atoms with E-state index in [0.29, 0.717) is 12.6 Å². The van der Waals surface area contributed by atoms with E-state index in [2.05, 4.69) is 21.3 Å². The molecule has 0 amide bonds. The lowest BCUT2D eigenvalue weighted by Gasteiger charge is -2.16. The largest absolute Gasteiger partial charge is 0.395 e. The van der Waals surface area contributed by atoms with Gasteiger partial charge in [0.1, 0.15) is 0 Å². The van der Waals surface area contributed by atoms with Gasteiger partial charge in [0.05, 0.1) is 6.61 Å². The van der Waals surface area contributed by atoms with E-state index in [0.717, 1.165) is 19.6 Å². The van der Waals surface area contributed by atoms with Crippen LogP contribution in [0.25, 0.3) is 0 Å². The molecule has 88 valence electrons. The van der Waals surface area contributed by atoms with Crippen molar-refractivity contribution in [3.63, 3.8) is 0 Å². The molecular weight excluding hydrogens is 202 g/mol. The van der Waals surface area contributed by atoms with E-state index in [1.807, 2.05) is 12.3 Å². The van der Waals surface area contributed by atoms with Crippen molar-refractivity contribution in [2.45, 2.75) is 19.0 Å². The molecule has 0 radical (unpaired) electrons. The number of hydrogen-bond donors (Lipinski definition) is 2. The van der Waals surface area contributed by atoms with Gasteiger partial charge in [0.25, 0.3) is 0 Å². The molecule has 4 nitrogen and oxygen atoms in total. The highest BCUT2D eigenvalue weighted by atomic mass is 16.3. The van der Waals surface area contributed by atoms with Crippen LogP contribution >= 0.6 is 0 Å². The zero-order valence-electron chi connectivity index (χ0n) is 9.47. The Labute approximate surface area is 96.3 Å². The maximum atomic E-state index is 8.74. The van der Waals surface area contributed by atoms with E-state index < -0.39 is 0 Å². The number of likely N-dealkylation sites (tertiary alicyclic amines) is 1. The number of pyridine rings is 1. The van der Waals surface area contributed by atoms with Crippen molar-refractivity contribution in [2.24, 2.45) is 0 Å². The van der Waals surface area contributed by atoms with Crippen molar-refractivity contribution in [3.8, 4) is 0 Å². The molecule has 1 aromatic heterocycles. The SMILES string of the molecule is OCCNC1CCN(Cc2cccnc2)C1. The van der Waals surface area contributed by atoms with Crippen molar-refractivity contribution in [3.05, 3.63) is 30.1 Å². The molecule has 2 heterocycles. The molecule has 2 rings (SSSR count). The van der Waals surface area contributed by atoms with Crippen LogP contribution in [0.2, 0.25) is 0 Å². The summed E-state index contributed by atoms with van der Waals surface area (Å²) in [6, 6.07) is 4.62. The van der Waals surface area contributed by atoms with E-state index in [-0.39, 0.29) is 6.61 Å². The fourth-order valence-corrected chi connectivity index (χ4v) is 2.16. The predicted molar refractivity (Wildman–Crippen MR) is 63.0 cm³/mol. The van der Waals surface area contributed by atoms with Crippen molar-refractivity contribution < 1.29 is 5.11 Å². The summed E-state index contributed by atoms with van der Waals surface area (Å²) in [7, 11) is 0. The highest BCUT2D eigenvalue weighted by Crippen LogP contribution is 2.12. The van der Waals surface area contributed by atoms with Gasteiger partial charge in [-0.15, -0.1) is 0 Å². The summed E-state index contributed by atoms with van der Waals surface area (Å²) in [6.07, 6.45) is 4.90. The molecule has 0 aromatic carbocycles. The minimum absolute atomic E-state index is 0.221. The molecule has 1 aliphatic heterocycles. The summed E-state index contributed by atoms with van der Waals surface area (Å²) >= 11 is 0. The number of aromatic nitrogens is 1. The maximum Gasteiger partial charge on any atom is 0.0556 e. The third kappa shape index (κ3) is 3.27. The third-order valence-electron chi connectivity index (χ3n) is 2.95. The highest BCUT2D eigenvalue weighted by Gasteiger charge is 2.21. The number of nitrogens with zero attached hydrogens (tertiary/aromatic N) is 2. The normalized spacial score (nSPS) is 21.4. The van der Waals surface area contributed by atoms with Crippen LogP contribution in [0.5, 0.6) is 0 Å². The molecule has 16 heavy (non-hydrogen) atoms. The van der Waals surface area contributed by atoms with Gasteiger partial charge in [0.15, 0.2) is 0 Å². The summed E-state index contributed by atoms with van der Waals surface area (Å²) in [4.78, 5) is 6.54. The van der Waals surface area contributed by atoms with Gasteiger partial charge >= 0.3 is 0 Å². The van der Waals surface area contributed by atoms with E-state index in [9.17, 15) is 0 Å². The lowest BCUT2D eigenvalue weighted by atomic mass is 10.2. The molecule has 1 aliphatic rings. The molecule has 1 saturated heterocycles. The molecule has 0 saturated carbocycles. The van der Waals surface area contributed by atoms with Crippen molar-refractivity contribution in [1.29, 1.82) is 0 Å². The van der Waals surface area contributed by atoms with Gasteiger partial charge in [-0.2, -0.15) is 0 Å². The summed E-state index contributed by atoms with van der Waals surface area (Å²) in [5.74, 6) is 0. The van der Waals surface area contributed by atoms with Gasteiger partial charge in [-0.3, -0.25) is 9.88 Å². The number of aliphatic hydroxyl groups is 1. The molecule has 2 N–H and O–H groups in total. The van der Waals surface area contributed by atoms with Crippen LogP contribution in [-0.4, -0.2) is 47.3 Å². The minimum atomic E-state index is 0.221. The quantitative estimate of drug-likeness (QED) is 0.747. The number of rotatable bonds is 5. The maximum absolute atomic E-state index is 8.74. The fourth-order valence-electron chi connectivity index (χ4n) is 2.16. The van der Waals surface area contributed by atoms with E-state index in [4.69, 9.17) is 5.11 Å². The van der Waals surface area contributed by atoms with Crippen LogP contribution in [0.1, 0.15) is 12.0 Å². The first kappa shape index (κ1) is 11.5. The van der Waals surface area contributed by atoms with Gasteiger partial charge in [0, 0.05) is 44.6 Å². The fraction of sp³-hybridized carbons (Fsp3) is 0.583. The topological polar surface area (TPSA) is 48.4 Å². The number of aliphatic hydroxyl groups excluding tert-OH is 1. The van der Waals surface area contributed by atoms with Crippen LogP contribution in [0.4, 0.5) is 0 Å². The average Bonchev–Trinajstić information content (AvgIpc) is 2.75. The first-order valence-corrected chi connectivity index (χ1v) is 5.84. The standard InChI is InChI=1S/C12H19N3O/c16-7-5-14-12-3-6-15(10-12)9-11-2-1-4-13-8-11/h1-2,4,8,12,14,16H,3,5-7,9-10H2. The highest BCUT2D eigenvalue weighted by molar-refractivity contribution is 5.08. The Morgan fingerprint density at radius 2 is 2.50 bits per heavy atom. The van der Waals surface area contributed by atoms with Crippen molar-refractivity contribution in [1.82, 2.24) is 15.2 Å². The molecular formula is C12H19N3O. The first-order chi connectivity index (χ1) is 7.88. The molecule has 1 fully saturated rings. The second-order valence-electron chi connectivity index (χ2n) is 4.26. The number of nitrogens with one attached hydrogen (secondary N) is 1. The second kappa shape index (κ2) is 5.94. The van der Waals surface area contributed by atoms with Crippen LogP contribution in [0.3, 0.4) is 0 Å². The van der Waals surface area contributed by atoms with Gasteiger partial charge in [0.2, 0.25) is 0 Å². The van der Waals surface area contributed by atoms with E-state index in [1.54, 1.807) is 6.20 Å². The van der Waals surface area contributed by atoms with Crippen molar-refractivity contribution >= 4 is 0 Å². The van der Waals surface area contributed by atoms with E-state index >= 15 is 0 Å².